The fraction of sp³-hybridized carbons (Fsp3) is 0.136. The highest BCUT2D eigenvalue weighted by atomic mass is 16.5. The number of nitrogens with zero attached hydrogens (tertiary/aromatic N) is 1. The van der Waals surface area contributed by atoms with E-state index >= 15 is 0 Å². The van der Waals surface area contributed by atoms with Gasteiger partial charge in [-0.05, 0) is 48.4 Å². The Balaban J connectivity index is 1.66. The molecule has 0 unspecified atom stereocenters. The molecule has 142 valence electrons. The Bertz CT molecular complexity index is 984. The van der Waals surface area contributed by atoms with Crippen molar-refractivity contribution in [2.24, 2.45) is 0 Å². The second-order valence-corrected chi connectivity index (χ2v) is 6.25. The first kappa shape index (κ1) is 19.1. The van der Waals surface area contributed by atoms with E-state index in [-0.39, 0.29) is 11.8 Å². The maximum absolute atomic E-state index is 12.5. The van der Waals surface area contributed by atoms with Crippen LogP contribution in [0.5, 0.6) is 5.75 Å². The summed E-state index contributed by atoms with van der Waals surface area (Å²) in [5.74, 6) is 0.0769. The largest absolute Gasteiger partial charge is 0.497 e. The van der Waals surface area contributed by atoms with Gasteiger partial charge in [0.2, 0.25) is 0 Å². The first-order chi connectivity index (χ1) is 13.6. The minimum absolute atomic E-state index is 0.283. The Hall–Kier alpha value is -3.67. The Kier molecular flexibility index (Phi) is 6.01. The van der Waals surface area contributed by atoms with Gasteiger partial charge in [0.05, 0.1) is 18.2 Å². The number of methoxy groups -OCH3 is 1. The molecule has 0 aliphatic rings. The second kappa shape index (κ2) is 8.81. The molecule has 3 aromatic rings. The number of rotatable bonds is 6. The van der Waals surface area contributed by atoms with Crippen molar-refractivity contribution in [1.82, 2.24) is 10.3 Å². The van der Waals surface area contributed by atoms with E-state index in [9.17, 15) is 9.59 Å². The van der Waals surface area contributed by atoms with Crippen LogP contribution in [-0.4, -0.2) is 23.9 Å². The van der Waals surface area contributed by atoms with Crippen molar-refractivity contribution >= 4 is 17.5 Å². The standard InChI is InChI=1S/C22H21N3O3/c1-15-5-3-4-6-16(15)14-24-21(26)17-11-18(13-23-12-17)22(27)25-19-7-9-20(28-2)10-8-19/h3-13H,14H2,1-2H3,(H,24,26)(H,25,27). The zero-order chi connectivity index (χ0) is 19.9. The van der Waals surface area contributed by atoms with Crippen LogP contribution in [0.15, 0.2) is 67.0 Å². The van der Waals surface area contributed by atoms with E-state index in [4.69, 9.17) is 4.74 Å². The molecule has 0 radical (unpaired) electrons. The van der Waals surface area contributed by atoms with Crippen LogP contribution < -0.4 is 15.4 Å². The molecule has 6 nitrogen and oxygen atoms in total. The molecule has 3 rings (SSSR count). The van der Waals surface area contributed by atoms with E-state index in [2.05, 4.69) is 15.6 Å². The highest BCUT2D eigenvalue weighted by molar-refractivity contribution is 6.05. The van der Waals surface area contributed by atoms with Gasteiger partial charge in [0.25, 0.3) is 11.8 Å². The van der Waals surface area contributed by atoms with Gasteiger partial charge in [-0.2, -0.15) is 0 Å². The Morgan fingerprint density at radius 3 is 2.32 bits per heavy atom. The topological polar surface area (TPSA) is 80.3 Å². The Morgan fingerprint density at radius 1 is 0.964 bits per heavy atom. The molecule has 0 saturated heterocycles. The number of hydrogen-bond donors (Lipinski definition) is 2. The zero-order valence-electron chi connectivity index (χ0n) is 15.7. The molecule has 2 N–H and O–H groups in total. The number of aryl methyl sites for hydroxylation is 1. The van der Waals surface area contributed by atoms with Gasteiger partial charge in [-0.1, -0.05) is 24.3 Å². The minimum Gasteiger partial charge on any atom is -0.497 e. The fourth-order valence-corrected chi connectivity index (χ4v) is 2.65. The van der Waals surface area contributed by atoms with E-state index in [1.165, 1.54) is 18.5 Å². The molecule has 1 heterocycles. The predicted molar refractivity (Wildman–Crippen MR) is 108 cm³/mol. The number of carbonyl (C=O) groups excluding carboxylic acids is 2. The van der Waals surface area contributed by atoms with Gasteiger partial charge < -0.3 is 15.4 Å². The van der Waals surface area contributed by atoms with Crippen LogP contribution in [0.1, 0.15) is 31.8 Å². The van der Waals surface area contributed by atoms with Crippen molar-refractivity contribution in [2.75, 3.05) is 12.4 Å². The summed E-state index contributed by atoms with van der Waals surface area (Å²) in [6, 6.07) is 16.4. The molecular weight excluding hydrogens is 354 g/mol. The van der Waals surface area contributed by atoms with Crippen molar-refractivity contribution < 1.29 is 14.3 Å². The van der Waals surface area contributed by atoms with Crippen molar-refractivity contribution in [3.63, 3.8) is 0 Å². The number of benzene rings is 2. The summed E-state index contributed by atoms with van der Waals surface area (Å²) < 4.78 is 5.10. The van der Waals surface area contributed by atoms with E-state index < -0.39 is 0 Å². The smallest absolute Gasteiger partial charge is 0.257 e. The molecule has 0 aliphatic heterocycles. The molecular formula is C22H21N3O3. The van der Waals surface area contributed by atoms with Crippen LogP contribution in [0.3, 0.4) is 0 Å². The van der Waals surface area contributed by atoms with E-state index in [0.29, 0.717) is 29.1 Å². The van der Waals surface area contributed by atoms with E-state index in [0.717, 1.165) is 11.1 Å². The molecule has 0 bridgehead atoms. The van der Waals surface area contributed by atoms with Crippen LogP contribution in [0.4, 0.5) is 5.69 Å². The predicted octanol–water partition coefficient (Wildman–Crippen LogP) is 3.58. The SMILES string of the molecule is COc1ccc(NC(=O)c2cncc(C(=O)NCc3ccccc3C)c2)cc1. The maximum Gasteiger partial charge on any atom is 0.257 e. The van der Waals surface area contributed by atoms with Crippen LogP contribution in [0.2, 0.25) is 0 Å². The minimum atomic E-state index is -0.341. The van der Waals surface area contributed by atoms with Gasteiger partial charge in [0.15, 0.2) is 0 Å². The molecule has 0 fully saturated rings. The van der Waals surface area contributed by atoms with Crippen molar-refractivity contribution in [2.45, 2.75) is 13.5 Å². The lowest BCUT2D eigenvalue weighted by molar-refractivity contribution is 0.0950. The summed E-state index contributed by atoms with van der Waals surface area (Å²) in [5, 5.41) is 5.63. The van der Waals surface area contributed by atoms with Gasteiger partial charge in [-0.15, -0.1) is 0 Å². The summed E-state index contributed by atoms with van der Waals surface area (Å²) in [6.07, 6.45) is 2.87. The van der Waals surface area contributed by atoms with Gasteiger partial charge in [0.1, 0.15) is 5.75 Å². The maximum atomic E-state index is 12.5. The summed E-state index contributed by atoms with van der Waals surface area (Å²) in [5.41, 5.74) is 3.40. The lowest BCUT2D eigenvalue weighted by atomic mass is 10.1. The van der Waals surface area contributed by atoms with Crippen molar-refractivity contribution in [3.05, 3.63) is 89.2 Å². The Morgan fingerprint density at radius 2 is 1.64 bits per heavy atom. The average molecular weight is 375 g/mol. The lowest BCUT2D eigenvalue weighted by Gasteiger charge is -2.09. The molecule has 2 amide bonds. The molecule has 0 aliphatic carbocycles. The highest BCUT2D eigenvalue weighted by Crippen LogP contribution is 2.16. The average Bonchev–Trinajstić information content (AvgIpc) is 2.73. The highest BCUT2D eigenvalue weighted by Gasteiger charge is 2.12. The fourth-order valence-electron chi connectivity index (χ4n) is 2.65. The van der Waals surface area contributed by atoms with Gasteiger partial charge in [-0.25, -0.2) is 0 Å². The summed E-state index contributed by atoms with van der Waals surface area (Å²) in [6.45, 7) is 2.40. The molecule has 28 heavy (non-hydrogen) atoms. The van der Waals surface area contributed by atoms with Crippen molar-refractivity contribution in [1.29, 1.82) is 0 Å². The zero-order valence-corrected chi connectivity index (χ0v) is 15.7. The third kappa shape index (κ3) is 4.73. The van der Waals surface area contributed by atoms with Gasteiger partial charge in [0, 0.05) is 24.6 Å². The first-order valence-electron chi connectivity index (χ1n) is 8.80. The molecule has 0 saturated carbocycles. The number of hydrogen-bond acceptors (Lipinski definition) is 4. The van der Waals surface area contributed by atoms with Crippen LogP contribution in [0.25, 0.3) is 0 Å². The molecule has 1 aromatic heterocycles. The third-order valence-corrected chi connectivity index (χ3v) is 4.31. The lowest BCUT2D eigenvalue weighted by Crippen LogP contribution is -2.24. The summed E-state index contributed by atoms with van der Waals surface area (Å²) in [4.78, 5) is 28.9. The normalized spacial score (nSPS) is 10.2. The van der Waals surface area contributed by atoms with Gasteiger partial charge >= 0.3 is 0 Å². The third-order valence-electron chi connectivity index (χ3n) is 4.31. The van der Waals surface area contributed by atoms with E-state index in [1.807, 2.05) is 31.2 Å². The molecule has 0 spiro atoms. The van der Waals surface area contributed by atoms with Gasteiger partial charge in [-0.3, -0.25) is 14.6 Å². The first-order valence-corrected chi connectivity index (χ1v) is 8.80. The summed E-state index contributed by atoms with van der Waals surface area (Å²) >= 11 is 0. The number of ether oxygens (including phenoxy) is 1. The number of amides is 2. The quantitative estimate of drug-likeness (QED) is 0.690. The molecule has 6 heteroatoms. The number of pyridine rings is 1. The molecule has 0 atom stereocenters. The van der Waals surface area contributed by atoms with Crippen LogP contribution >= 0.6 is 0 Å². The molecule has 2 aromatic carbocycles. The van der Waals surface area contributed by atoms with Crippen molar-refractivity contribution in [3.8, 4) is 5.75 Å². The van der Waals surface area contributed by atoms with Crippen LogP contribution in [0, 0.1) is 6.92 Å². The Labute approximate surface area is 163 Å². The number of carbonyl (C=O) groups is 2. The monoisotopic (exact) mass is 375 g/mol. The number of nitrogens with one attached hydrogen (secondary N) is 2. The number of anilines is 1. The number of aromatic nitrogens is 1. The van der Waals surface area contributed by atoms with Crippen LogP contribution in [-0.2, 0) is 6.54 Å². The van der Waals surface area contributed by atoms with E-state index in [1.54, 1.807) is 31.4 Å². The summed E-state index contributed by atoms with van der Waals surface area (Å²) in [7, 11) is 1.58. The second-order valence-electron chi connectivity index (χ2n) is 6.25.